The van der Waals surface area contributed by atoms with Gasteiger partial charge in [-0.05, 0) is 56.2 Å². The van der Waals surface area contributed by atoms with E-state index in [0.717, 1.165) is 27.6 Å². The maximum Gasteiger partial charge on any atom is 0.212 e. The quantitative estimate of drug-likeness (QED) is 0.455. The molecule has 2 heterocycles. The second kappa shape index (κ2) is 5.67. The van der Waals surface area contributed by atoms with Gasteiger partial charge >= 0.3 is 0 Å². The van der Waals surface area contributed by atoms with Gasteiger partial charge in [-0.1, -0.05) is 0 Å². The summed E-state index contributed by atoms with van der Waals surface area (Å²) >= 11 is 0. The van der Waals surface area contributed by atoms with Crippen molar-refractivity contribution in [2.75, 3.05) is 0 Å². The maximum atomic E-state index is 13.9. The third-order valence-corrected chi connectivity index (χ3v) is 5.07. The lowest BCUT2D eigenvalue weighted by Gasteiger charge is -2.07. The SMILES string of the molecule is Cc1cc(-c2cc3oc4c(C#N)c(F)ccc4c3cc2C)[n+](C)cc1C. The van der Waals surface area contributed by atoms with E-state index in [1.54, 1.807) is 6.07 Å². The van der Waals surface area contributed by atoms with Crippen molar-refractivity contribution in [1.82, 2.24) is 0 Å². The second-order valence-corrected chi connectivity index (χ2v) is 6.81. The van der Waals surface area contributed by atoms with Crippen molar-refractivity contribution in [3.05, 3.63) is 64.6 Å². The van der Waals surface area contributed by atoms with Crippen LogP contribution in [0.15, 0.2) is 40.9 Å². The van der Waals surface area contributed by atoms with Crippen molar-refractivity contribution in [3.63, 3.8) is 0 Å². The summed E-state index contributed by atoms with van der Waals surface area (Å²) in [6.07, 6.45) is 2.11. The van der Waals surface area contributed by atoms with Gasteiger partial charge in [0.05, 0.1) is 5.56 Å². The van der Waals surface area contributed by atoms with Crippen LogP contribution in [0, 0.1) is 37.9 Å². The van der Waals surface area contributed by atoms with Crippen LogP contribution >= 0.6 is 0 Å². The summed E-state index contributed by atoms with van der Waals surface area (Å²) in [5, 5.41) is 10.9. The Bertz CT molecular complexity index is 1250. The van der Waals surface area contributed by atoms with Gasteiger partial charge < -0.3 is 4.42 Å². The number of aromatic nitrogens is 1. The van der Waals surface area contributed by atoms with E-state index in [1.165, 1.54) is 17.2 Å². The Labute approximate surface area is 150 Å². The minimum atomic E-state index is -0.559. The lowest BCUT2D eigenvalue weighted by Crippen LogP contribution is -2.31. The molecule has 2 aromatic heterocycles. The molecule has 4 heteroatoms. The van der Waals surface area contributed by atoms with Gasteiger partial charge in [-0.3, -0.25) is 0 Å². The van der Waals surface area contributed by atoms with Crippen LogP contribution in [0.3, 0.4) is 0 Å². The zero-order chi connectivity index (χ0) is 18.6. The van der Waals surface area contributed by atoms with Crippen LogP contribution in [0.4, 0.5) is 4.39 Å². The Hall–Kier alpha value is -3.19. The van der Waals surface area contributed by atoms with Gasteiger partial charge in [0, 0.05) is 22.4 Å². The van der Waals surface area contributed by atoms with E-state index < -0.39 is 5.82 Å². The van der Waals surface area contributed by atoms with Crippen molar-refractivity contribution in [1.29, 1.82) is 5.26 Å². The van der Waals surface area contributed by atoms with Crippen molar-refractivity contribution in [2.45, 2.75) is 20.8 Å². The van der Waals surface area contributed by atoms with E-state index in [2.05, 4.69) is 37.6 Å². The van der Waals surface area contributed by atoms with Crippen LogP contribution in [0.5, 0.6) is 0 Å². The lowest BCUT2D eigenvalue weighted by molar-refractivity contribution is -0.660. The van der Waals surface area contributed by atoms with Crippen molar-refractivity contribution < 1.29 is 13.4 Å². The van der Waals surface area contributed by atoms with E-state index in [9.17, 15) is 9.65 Å². The number of aryl methyl sites for hydroxylation is 4. The molecule has 128 valence electrons. The van der Waals surface area contributed by atoms with Gasteiger partial charge in [0.2, 0.25) is 5.69 Å². The van der Waals surface area contributed by atoms with E-state index in [4.69, 9.17) is 4.42 Å². The molecule has 0 saturated carbocycles. The van der Waals surface area contributed by atoms with E-state index >= 15 is 0 Å². The first-order valence-corrected chi connectivity index (χ1v) is 8.43. The molecular formula is C22H18FN2O+. The minimum Gasteiger partial charge on any atom is -0.455 e. The first-order chi connectivity index (χ1) is 12.4. The molecule has 2 aromatic carbocycles. The van der Waals surface area contributed by atoms with Crippen LogP contribution in [-0.4, -0.2) is 0 Å². The van der Waals surface area contributed by atoms with Gasteiger partial charge in [-0.25, -0.2) is 8.96 Å². The molecular weight excluding hydrogens is 327 g/mol. The highest BCUT2D eigenvalue weighted by Gasteiger charge is 2.19. The van der Waals surface area contributed by atoms with Gasteiger partial charge in [0.1, 0.15) is 30.1 Å². The van der Waals surface area contributed by atoms with Crippen LogP contribution < -0.4 is 4.57 Å². The average Bonchev–Trinajstić information content (AvgIpc) is 2.95. The standard InChI is InChI=1S/C22H18FN2O/c1-12-8-20(25(4)11-14(12)3)16-9-21-17(7-13(16)2)15-5-6-19(23)18(10-24)22(15)26-21/h5-9,11H,1-4H3/q+1. The Morgan fingerprint density at radius 3 is 2.50 bits per heavy atom. The van der Waals surface area contributed by atoms with Crippen molar-refractivity contribution in [3.8, 4) is 17.3 Å². The fourth-order valence-corrected chi connectivity index (χ4v) is 3.50. The number of furan rings is 1. The van der Waals surface area contributed by atoms with E-state index in [0.29, 0.717) is 11.2 Å². The minimum absolute atomic E-state index is 0.0466. The molecule has 0 aliphatic carbocycles. The predicted octanol–water partition coefficient (Wildman–Crippen LogP) is 5.01. The maximum absolute atomic E-state index is 13.9. The van der Waals surface area contributed by atoms with Crippen molar-refractivity contribution in [2.24, 2.45) is 7.05 Å². The molecule has 0 fully saturated rings. The van der Waals surface area contributed by atoms with E-state index in [-0.39, 0.29) is 5.56 Å². The van der Waals surface area contributed by atoms with Crippen LogP contribution in [0.1, 0.15) is 22.3 Å². The van der Waals surface area contributed by atoms with Crippen molar-refractivity contribution >= 4 is 21.9 Å². The molecule has 3 nitrogen and oxygen atoms in total. The van der Waals surface area contributed by atoms with Gasteiger partial charge in [-0.2, -0.15) is 5.26 Å². The summed E-state index contributed by atoms with van der Waals surface area (Å²) in [5.41, 5.74) is 6.60. The molecule has 0 radical (unpaired) electrons. The first-order valence-electron chi connectivity index (χ1n) is 8.43. The molecule has 0 saturated heterocycles. The number of hydrogen-bond donors (Lipinski definition) is 0. The van der Waals surface area contributed by atoms with Crippen LogP contribution in [0.25, 0.3) is 33.2 Å². The number of nitriles is 1. The highest BCUT2D eigenvalue weighted by molar-refractivity contribution is 6.07. The zero-order valence-electron chi connectivity index (χ0n) is 15.1. The molecule has 0 atom stereocenters. The second-order valence-electron chi connectivity index (χ2n) is 6.81. The van der Waals surface area contributed by atoms with E-state index in [1.807, 2.05) is 25.2 Å². The molecule has 0 bridgehead atoms. The van der Waals surface area contributed by atoms with Crippen LogP contribution in [-0.2, 0) is 7.05 Å². The third-order valence-electron chi connectivity index (χ3n) is 5.07. The Kier molecular flexibility index (Phi) is 3.55. The summed E-state index contributed by atoms with van der Waals surface area (Å²) < 4.78 is 21.9. The molecule has 0 aliphatic rings. The zero-order valence-corrected chi connectivity index (χ0v) is 15.1. The van der Waals surface area contributed by atoms with Gasteiger partial charge in [0.25, 0.3) is 0 Å². The van der Waals surface area contributed by atoms with Crippen LogP contribution in [0.2, 0.25) is 0 Å². The number of hydrogen-bond acceptors (Lipinski definition) is 2. The smallest absolute Gasteiger partial charge is 0.212 e. The molecule has 0 unspecified atom stereocenters. The molecule has 0 amide bonds. The molecule has 4 aromatic rings. The number of halogens is 1. The normalized spacial score (nSPS) is 11.2. The lowest BCUT2D eigenvalue weighted by atomic mass is 9.99. The number of fused-ring (bicyclic) bond motifs is 3. The fraction of sp³-hybridized carbons (Fsp3) is 0.182. The van der Waals surface area contributed by atoms with Gasteiger partial charge in [0.15, 0.2) is 11.8 Å². The molecule has 4 rings (SSSR count). The highest BCUT2D eigenvalue weighted by Crippen LogP contribution is 2.35. The number of pyridine rings is 1. The third kappa shape index (κ3) is 2.28. The number of nitrogens with zero attached hydrogens (tertiary/aromatic N) is 2. The molecule has 0 spiro atoms. The summed E-state index contributed by atoms with van der Waals surface area (Å²) in [5.74, 6) is -0.559. The molecule has 26 heavy (non-hydrogen) atoms. The summed E-state index contributed by atoms with van der Waals surface area (Å²) in [6.45, 7) is 6.24. The highest BCUT2D eigenvalue weighted by atomic mass is 19.1. The Balaban J connectivity index is 2.05. The monoisotopic (exact) mass is 345 g/mol. The summed E-state index contributed by atoms with van der Waals surface area (Å²) in [6, 6.07) is 11.1. The summed E-state index contributed by atoms with van der Waals surface area (Å²) in [4.78, 5) is 0. The Morgan fingerprint density at radius 2 is 1.77 bits per heavy atom. The first kappa shape index (κ1) is 16.3. The molecule has 0 N–H and O–H groups in total. The molecule has 0 aliphatic heterocycles. The summed E-state index contributed by atoms with van der Waals surface area (Å²) in [7, 11) is 2.02. The average molecular weight is 345 g/mol. The Morgan fingerprint density at radius 1 is 1.00 bits per heavy atom. The predicted molar refractivity (Wildman–Crippen MR) is 99.2 cm³/mol. The largest absolute Gasteiger partial charge is 0.455 e. The fourth-order valence-electron chi connectivity index (χ4n) is 3.50. The number of rotatable bonds is 1. The topological polar surface area (TPSA) is 40.8 Å². The number of benzene rings is 2. The van der Waals surface area contributed by atoms with Gasteiger partial charge in [-0.15, -0.1) is 0 Å².